The highest BCUT2D eigenvalue weighted by Gasteiger charge is 2.19. The van der Waals surface area contributed by atoms with E-state index >= 15 is 0 Å². The summed E-state index contributed by atoms with van der Waals surface area (Å²) in [5.74, 6) is -1.63. The van der Waals surface area contributed by atoms with Crippen molar-refractivity contribution in [2.45, 2.75) is 38.9 Å². The quantitative estimate of drug-likeness (QED) is 0.399. The van der Waals surface area contributed by atoms with Gasteiger partial charge < -0.3 is 15.3 Å². The number of aliphatic hydroxyl groups is 2. The number of halogens is 2. The van der Waals surface area contributed by atoms with Gasteiger partial charge in [0.2, 0.25) is 0 Å². The zero-order valence-electron chi connectivity index (χ0n) is 19.5. The molecule has 0 spiro atoms. The van der Waals surface area contributed by atoms with Gasteiger partial charge in [0.15, 0.2) is 5.82 Å². The van der Waals surface area contributed by atoms with Crippen LogP contribution >= 0.6 is 0 Å². The second kappa shape index (κ2) is 11.1. The Bertz CT molecular complexity index is 1230. The fraction of sp³-hybridized carbons (Fsp3) is 0.280. The van der Waals surface area contributed by atoms with E-state index in [2.05, 4.69) is 15.5 Å². The summed E-state index contributed by atoms with van der Waals surface area (Å²) in [5.41, 5.74) is 3.02. The van der Waals surface area contributed by atoms with E-state index in [1.807, 2.05) is 0 Å². The maximum Gasteiger partial charge on any atom is 0.305 e. The fourth-order valence-electron chi connectivity index (χ4n) is 3.65. The van der Waals surface area contributed by atoms with Gasteiger partial charge in [0.1, 0.15) is 11.6 Å². The third kappa shape index (κ3) is 6.43. The van der Waals surface area contributed by atoms with E-state index in [1.165, 1.54) is 22.9 Å². The minimum Gasteiger partial charge on any atom is -0.481 e. The van der Waals surface area contributed by atoms with E-state index in [1.54, 1.807) is 51.2 Å². The molecule has 0 amide bonds. The molecule has 35 heavy (non-hydrogen) atoms. The molecule has 3 aromatic rings. The third-order valence-corrected chi connectivity index (χ3v) is 5.43. The number of rotatable bonds is 9. The van der Waals surface area contributed by atoms with Crippen molar-refractivity contribution in [3.8, 4) is 0 Å². The van der Waals surface area contributed by atoms with E-state index in [0.29, 0.717) is 39.2 Å². The standard InChI is InChI=1S/C25H26F2N4O4/c1-14-10-16(4-8-21(14)26)24(17-5-9-22(27)15(2)11-17)20(25-28-29-30-31(25)3)7-6-18(32)12-19(33)13-23(34)35/h4-11,18-19,32-33H,12-13H2,1-3H3,(H,34,35)/b7-6+/t18-,19-/m1/s1. The Morgan fingerprint density at radius 3 is 2.09 bits per heavy atom. The molecule has 0 aliphatic carbocycles. The summed E-state index contributed by atoms with van der Waals surface area (Å²) in [6.07, 6.45) is -0.177. The normalized spacial score (nSPS) is 13.1. The molecule has 3 N–H and O–H groups in total. The van der Waals surface area contributed by atoms with Crippen molar-refractivity contribution in [1.29, 1.82) is 0 Å². The lowest BCUT2D eigenvalue weighted by Crippen LogP contribution is -2.19. The Morgan fingerprint density at radius 2 is 1.63 bits per heavy atom. The van der Waals surface area contributed by atoms with Gasteiger partial charge in [0, 0.05) is 19.0 Å². The maximum atomic E-state index is 14.1. The first-order chi connectivity index (χ1) is 16.6. The summed E-state index contributed by atoms with van der Waals surface area (Å²) in [6, 6.07) is 9.12. The average Bonchev–Trinajstić information content (AvgIpc) is 3.20. The number of benzene rings is 2. The molecule has 0 fully saturated rings. The summed E-state index contributed by atoms with van der Waals surface area (Å²) in [6.45, 7) is 3.25. The molecule has 3 rings (SSSR count). The molecule has 2 aromatic carbocycles. The lowest BCUT2D eigenvalue weighted by atomic mass is 9.90. The number of carboxylic acids is 1. The molecule has 0 saturated carbocycles. The van der Waals surface area contributed by atoms with Crippen molar-refractivity contribution in [3.63, 3.8) is 0 Å². The zero-order chi connectivity index (χ0) is 25.7. The maximum absolute atomic E-state index is 14.1. The van der Waals surface area contributed by atoms with Gasteiger partial charge in [-0.3, -0.25) is 4.79 Å². The van der Waals surface area contributed by atoms with Gasteiger partial charge in [-0.05, 0) is 76.4 Å². The van der Waals surface area contributed by atoms with Gasteiger partial charge in [-0.25, -0.2) is 13.5 Å². The van der Waals surface area contributed by atoms with Crippen LogP contribution in [0.2, 0.25) is 0 Å². The molecule has 0 bridgehead atoms. The number of carboxylic acid groups (broad SMARTS) is 1. The van der Waals surface area contributed by atoms with E-state index in [0.717, 1.165) is 0 Å². The Labute approximate surface area is 200 Å². The van der Waals surface area contributed by atoms with Crippen LogP contribution in [-0.4, -0.2) is 53.7 Å². The predicted octanol–water partition coefficient (Wildman–Crippen LogP) is 3.21. The number of aliphatic hydroxyl groups excluding tert-OH is 2. The van der Waals surface area contributed by atoms with Gasteiger partial charge in [-0.2, -0.15) is 0 Å². The molecule has 0 unspecified atom stereocenters. The van der Waals surface area contributed by atoms with Crippen molar-refractivity contribution >= 4 is 17.1 Å². The molecule has 8 nitrogen and oxygen atoms in total. The summed E-state index contributed by atoms with van der Waals surface area (Å²) in [4.78, 5) is 10.8. The molecular weight excluding hydrogens is 458 g/mol. The lowest BCUT2D eigenvalue weighted by Gasteiger charge is -2.16. The smallest absolute Gasteiger partial charge is 0.305 e. The van der Waals surface area contributed by atoms with Gasteiger partial charge in [-0.15, -0.1) is 5.10 Å². The number of hydrogen-bond donors (Lipinski definition) is 3. The number of aromatic nitrogens is 4. The van der Waals surface area contributed by atoms with Crippen molar-refractivity contribution < 1.29 is 28.9 Å². The second-order valence-corrected chi connectivity index (χ2v) is 8.26. The van der Waals surface area contributed by atoms with Gasteiger partial charge >= 0.3 is 5.97 Å². The molecule has 1 heterocycles. The van der Waals surface area contributed by atoms with Crippen LogP contribution < -0.4 is 0 Å². The minimum absolute atomic E-state index is 0.201. The zero-order valence-corrected chi connectivity index (χ0v) is 19.5. The number of tetrazole rings is 1. The van der Waals surface area contributed by atoms with E-state index in [9.17, 15) is 23.8 Å². The van der Waals surface area contributed by atoms with Crippen LogP contribution in [0.5, 0.6) is 0 Å². The lowest BCUT2D eigenvalue weighted by molar-refractivity contribution is -0.139. The average molecular weight is 485 g/mol. The molecule has 0 radical (unpaired) electrons. The number of hydrogen-bond acceptors (Lipinski definition) is 6. The van der Waals surface area contributed by atoms with Crippen LogP contribution in [0.4, 0.5) is 8.78 Å². The molecule has 1 aromatic heterocycles. The molecular formula is C25H26F2N4O4. The Morgan fingerprint density at radius 1 is 1.06 bits per heavy atom. The highest BCUT2D eigenvalue weighted by Crippen LogP contribution is 2.34. The van der Waals surface area contributed by atoms with Gasteiger partial charge in [0.25, 0.3) is 0 Å². The largest absolute Gasteiger partial charge is 0.481 e. The van der Waals surface area contributed by atoms with Crippen LogP contribution in [0.15, 0.2) is 48.6 Å². The molecule has 0 saturated heterocycles. The Balaban J connectivity index is 2.21. The monoisotopic (exact) mass is 484 g/mol. The number of carbonyl (C=O) groups is 1. The van der Waals surface area contributed by atoms with Crippen LogP contribution in [0.3, 0.4) is 0 Å². The molecule has 184 valence electrons. The summed E-state index contributed by atoms with van der Waals surface area (Å²) < 4.78 is 29.6. The predicted molar refractivity (Wildman–Crippen MR) is 125 cm³/mol. The van der Waals surface area contributed by atoms with Crippen LogP contribution in [0.25, 0.3) is 11.1 Å². The molecule has 2 atom stereocenters. The van der Waals surface area contributed by atoms with Crippen molar-refractivity contribution in [2.24, 2.45) is 7.05 Å². The molecule has 0 aliphatic rings. The number of nitrogens with zero attached hydrogens (tertiary/aromatic N) is 4. The van der Waals surface area contributed by atoms with Crippen LogP contribution in [0, 0.1) is 25.5 Å². The number of aliphatic carboxylic acids is 1. The number of allylic oxidation sites excluding steroid dienone is 2. The summed E-state index contributed by atoms with van der Waals surface area (Å²) >= 11 is 0. The summed E-state index contributed by atoms with van der Waals surface area (Å²) in [5, 5.41) is 40.8. The van der Waals surface area contributed by atoms with Crippen molar-refractivity contribution in [2.75, 3.05) is 0 Å². The van der Waals surface area contributed by atoms with E-state index in [4.69, 9.17) is 5.11 Å². The highest BCUT2D eigenvalue weighted by molar-refractivity contribution is 6.01. The first-order valence-corrected chi connectivity index (χ1v) is 10.8. The first-order valence-electron chi connectivity index (χ1n) is 10.8. The number of aryl methyl sites for hydroxylation is 3. The summed E-state index contributed by atoms with van der Waals surface area (Å²) in [7, 11) is 1.62. The molecule has 0 aliphatic heterocycles. The van der Waals surface area contributed by atoms with E-state index in [-0.39, 0.29) is 18.1 Å². The van der Waals surface area contributed by atoms with Gasteiger partial charge in [0.05, 0.1) is 18.6 Å². The van der Waals surface area contributed by atoms with E-state index < -0.39 is 24.6 Å². The first kappa shape index (κ1) is 25.9. The fourth-order valence-corrected chi connectivity index (χ4v) is 3.65. The topological polar surface area (TPSA) is 121 Å². The highest BCUT2D eigenvalue weighted by atomic mass is 19.1. The molecule has 10 heteroatoms. The van der Waals surface area contributed by atoms with Crippen LogP contribution in [0.1, 0.15) is 40.9 Å². The Kier molecular flexibility index (Phi) is 8.21. The SMILES string of the molecule is Cc1cc(C(=C(/C=C/[C@@H](O)C[C@@H](O)CC(=O)O)c2nnnn2C)c2ccc(F)c(C)c2)ccc1F. The minimum atomic E-state index is -1.24. The van der Waals surface area contributed by atoms with Crippen molar-refractivity contribution in [1.82, 2.24) is 20.2 Å². The van der Waals surface area contributed by atoms with Crippen molar-refractivity contribution in [3.05, 3.63) is 88.3 Å². The third-order valence-electron chi connectivity index (χ3n) is 5.43. The van der Waals surface area contributed by atoms with Gasteiger partial charge in [-0.1, -0.05) is 24.3 Å². The van der Waals surface area contributed by atoms with Crippen LogP contribution in [-0.2, 0) is 11.8 Å². The second-order valence-electron chi connectivity index (χ2n) is 8.26. The Hall–Kier alpha value is -3.76.